The van der Waals surface area contributed by atoms with Gasteiger partial charge in [0.2, 0.25) is 0 Å². The Morgan fingerprint density at radius 3 is 2.00 bits per heavy atom. The zero-order chi connectivity index (χ0) is 20.0. The van der Waals surface area contributed by atoms with Crippen LogP contribution in [0.25, 0.3) is 0 Å². The van der Waals surface area contributed by atoms with E-state index in [0.29, 0.717) is 6.42 Å². The van der Waals surface area contributed by atoms with Gasteiger partial charge in [0, 0.05) is 6.42 Å². The first-order chi connectivity index (χ1) is 13.0. The zero-order valence-electron chi connectivity index (χ0n) is 16.7. The summed E-state index contributed by atoms with van der Waals surface area (Å²) in [7, 11) is -3.80. The smallest absolute Gasteiger partial charge is 0.305 e. The number of ether oxygens (including phenoxy) is 1. The summed E-state index contributed by atoms with van der Waals surface area (Å²) in [5.41, 5.74) is 0.972. The standard InChI is InChI=1S/C21H34O5S/c1-3-4-5-6-7-8-9-10-11-12-21(22)25-17-18-26-27(23,24)20-15-13-19(2)14-16-20/h13-16H,3-12,17-18H2,1-2H3. The maximum atomic E-state index is 12.0. The second-order valence-electron chi connectivity index (χ2n) is 6.89. The minimum atomic E-state index is -3.80. The normalized spacial score (nSPS) is 11.5. The van der Waals surface area contributed by atoms with Crippen LogP contribution < -0.4 is 0 Å². The summed E-state index contributed by atoms with van der Waals surface area (Å²) < 4.78 is 33.9. The molecule has 6 heteroatoms. The van der Waals surface area contributed by atoms with Gasteiger partial charge in [0.05, 0.1) is 4.90 Å². The summed E-state index contributed by atoms with van der Waals surface area (Å²) in [6.07, 6.45) is 11.1. The van der Waals surface area contributed by atoms with Crippen molar-refractivity contribution in [2.24, 2.45) is 0 Å². The average molecular weight is 399 g/mol. The van der Waals surface area contributed by atoms with Gasteiger partial charge in [0.15, 0.2) is 0 Å². The average Bonchev–Trinajstić information content (AvgIpc) is 2.64. The molecule has 0 saturated heterocycles. The highest BCUT2D eigenvalue weighted by molar-refractivity contribution is 7.86. The molecule has 154 valence electrons. The lowest BCUT2D eigenvalue weighted by atomic mass is 10.1. The van der Waals surface area contributed by atoms with E-state index in [4.69, 9.17) is 8.92 Å². The van der Waals surface area contributed by atoms with Crippen LogP contribution in [0.5, 0.6) is 0 Å². The van der Waals surface area contributed by atoms with Crippen molar-refractivity contribution in [1.29, 1.82) is 0 Å². The molecular formula is C21H34O5S. The number of carbonyl (C=O) groups excluding carboxylic acids is 1. The van der Waals surface area contributed by atoms with Gasteiger partial charge < -0.3 is 4.74 Å². The molecule has 0 aliphatic rings. The Morgan fingerprint density at radius 2 is 1.41 bits per heavy atom. The molecule has 0 amide bonds. The lowest BCUT2D eigenvalue weighted by molar-refractivity contribution is -0.144. The van der Waals surface area contributed by atoms with Crippen LogP contribution in [0.15, 0.2) is 29.2 Å². The van der Waals surface area contributed by atoms with Crippen LogP contribution in [0.2, 0.25) is 0 Å². The molecule has 1 aromatic rings. The van der Waals surface area contributed by atoms with Crippen molar-refractivity contribution >= 4 is 16.1 Å². The van der Waals surface area contributed by atoms with Crippen LogP contribution in [-0.4, -0.2) is 27.6 Å². The number of hydrogen-bond acceptors (Lipinski definition) is 5. The Kier molecular flexibility index (Phi) is 12.0. The molecule has 0 heterocycles. The molecule has 1 rings (SSSR count). The Balaban J connectivity index is 2.04. The fraction of sp³-hybridized carbons (Fsp3) is 0.667. The summed E-state index contributed by atoms with van der Waals surface area (Å²) in [5.74, 6) is -0.297. The summed E-state index contributed by atoms with van der Waals surface area (Å²) in [5, 5.41) is 0. The molecular weight excluding hydrogens is 364 g/mol. The number of hydrogen-bond donors (Lipinski definition) is 0. The Hall–Kier alpha value is -1.40. The molecule has 0 spiro atoms. The van der Waals surface area contributed by atoms with Gasteiger partial charge in [0.25, 0.3) is 10.1 Å². The van der Waals surface area contributed by atoms with Crippen molar-refractivity contribution in [3.8, 4) is 0 Å². The monoisotopic (exact) mass is 398 g/mol. The van der Waals surface area contributed by atoms with Crippen molar-refractivity contribution in [2.75, 3.05) is 13.2 Å². The van der Waals surface area contributed by atoms with Crippen molar-refractivity contribution in [3.05, 3.63) is 29.8 Å². The van der Waals surface area contributed by atoms with Crippen molar-refractivity contribution < 1.29 is 22.1 Å². The van der Waals surface area contributed by atoms with Gasteiger partial charge in [-0.3, -0.25) is 8.98 Å². The third-order valence-corrected chi connectivity index (χ3v) is 5.71. The molecule has 0 saturated carbocycles. The molecule has 0 aromatic heterocycles. The highest BCUT2D eigenvalue weighted by Gasteiger charge is 2.15. The van der Waals surface area contributed by atoms with Crippen LogP contribution in [0.3, 0.4) is 0 Å². The van der Waals surface area contributed by atoms with E-state index in [1.165, 1.54) is 50.7 Å². The summed E-state index contributed by atoms with van der Waals surface area (Å²) in [6.45, 7) is 3.87. The van der Waals surface area contributed by atoms with E-state index in [9.17, 15) is 13.2 Å². The van der Waals surface area contributed by atoms with Gasteiger partial charge in [0.1, 0.15) is 13.2 Å². The molecule has 0 aliphatic heterocycles. The first kappa shape index (κ1) is 23.6. The van der Waals surface area contributed by atoms with E-state index in [2.05, 4.69) is 6.92 Å². The first-order valence-electron chi connectivity index (χ1n) is 10.1. The number of aryl methyl sites for hydroxylation is 1. The number of unbranched alkanes of at least 4 members (excludes halogenated alkanes) is 8. The van der Waals surface area contributed by atoms with Gasteiger partial charge in [-0.25, -0.2) is 0 Å². The molecule has 0 N–H and O–H groups in total. The highest BCUT2D eigenvalue weighted by Crippen LogP contribution is 2.13. The van der Waals surface area contributed by atoms with Crippen LogP contribution in [-0.2, 0) is 23.8 Å². The van der Waals surface area contributed by atoms with Crippen LogP contribution in [0, 0.1) is 6.92 Å². The number of carbonyl (C=O) groups is 1. The first-order valence-corrected chi connectivity index (χ1v) is 11.5. The Morgan fingerprint density at radius 1 is 0.852 bits per heavy atom. The predicted molar refractivity (Wildman–Crippen MR) is 107 cm³/mol. The van der Waals surface area contributed by atoms with Crippen molar-refractivity contribution in [1.82, 2.24) is 0 Å². The lowest BCUT2D eigenvalue weighted by Gasteiger charge is -2.07. The SMILES string of the molecule is CCCCCCCCCCCC(=O)OCCOS(=O)(=O)c1ccc(C)cc1. The molecule has 0 fully saturated rings. The van der Waals surface area contributed by atoms with Crippen molar-refractivity contribution in [3.63, 3.8) is 0 Å². The number of rotatable bonds is 15. The van der Waals surface area contributed by atoms with Gasteiger partial charge in [-0.2, -0.15) is 8.42 Å². The predicted octanol–water partition coefficient (Wildman–Crippen LogP) is 5.16. The molecule has 0 radical (unpaired) electrons. The topological polar surface area (TPSA) is 69.7 Å². The van der Waals surface area contributed by atoms with E-state index in [0.717, 1.165) is 24.8 Å². The fourth-order valence-electron chi connectivity index (χ4n) is 2.72. The Labute approximate surface area is 164 Å². The summed E-state index contributed by atoms with van der Waals surface area (Å²) in [6, 6.07) is 6.42. The third kappa shape index (κ3) is 11.1. The molecule has 5 nitrogen and oxygen atoms in total. The minimum absolute atomic E-state index is 0.0542. The molecule has 0 unspecified atom stereocenters. The molecule has 1 aromatic carbocycles. The van der Waals surface area contributed by atoms with Gasteiger partial charge in [-0.05, 0) is 25.5 Å². The van der Waals surface area contributed by atoms with Gasteiger partial charge >= 0.3 is 5.97 Å². The molecule has 0 atom stereocenters. The van der Waals surface area contributed by atoms with E-state index in [-0.39, 0.29) is 24.1 Å². The van der Waals surface area contributed by atoms with E-state index < -0.39 is 10.1 Å². The maximum Gasteiger partial charge on any atom is 0.305 e. The quantitative estimate of drug-likeness (QED) is 0.232. The number of esters is 1. The van der Waals surface area contributed by atoms with E-state index >= 15 is 0 Å². The zero-order valence-corrected chi connectivity index (χ0v) is 17.6. The Bertz CT molecular complexity index is 622. The largest absolute Gasteiger partial charge is 0.463 e. The number of benzene rings is 1. The third-order valence-electron chi connectivity index (χ3n) is 4.38. The fourth-order valence-corrected chi connectivity index (χ4v) is 3.62. The maximum absolute atomic E-state index is 12.0. The highest BCUT2D eigenvalue weighted by atomic mass is 32.2. The molecule has 0 aliphatic carbocycles. The summed E-state index contributed by atoms with van der Waals surface area (Å²) in [4.78, 5) is 11.8. The van der Waals surface area contributed by atoms with Crippen LogP contribution in [0.4, 0.5) is 0 Å². The van der Waals surface area contributed by atoms with Crippen molar-refractivity contribution in [2.45, 2.75) is 83.0 Å². The van der Waals surface area contributed by atoms with Crippen LogP contribution >= 0.6 is 0 Å². The molecule has 0 bridgehead atoms. The van der Waals surface area contributed by atoms with E-state index in [1.54, 1.807) is 12.1 Å². The second-order valence-corrected chi connectivity index (χ2v) is 8.50. The second kappa shape index (κ2) is 13.7. The van der Waals surface area contributed by atoms with Gasteiger partial charge in [-0.15, -0.1) is 0 Å². The lowest BCUT2D eigenvalue weighted by Crippen LogP contribution is -2.14. The summed E-state index contributed by atoms with van der Waals surface area (Å²) >= 11 is 0. The van der Waals surface area contributed by atoms with E-state index in [1.807, 2.05) is 6.92 Å². The van der Waals surface area contributed by atoms with Crippen LogP contribution in [0.1, 0.15) is 76.7 Å². The minimum Gasteiger partial charge on any atom is -0.463 e. The molecule has 27 heavy (non-hydrogen) atoms. The van der Waals surface area contributed by atoms with Gasteiger partial charge in [-0.1, -0.05) is 76.0 Å².